The van der Waals surface area contributed by atoms with Crippen LogP contribution in [0.25, 0.3) is 0 Å². The average Bonchev–Trinajstić information content (AvgIpc) is 2.79. The highest BCUT2D eigenvalue weighted by Crippen LogP contribution is 2.39. The van der Waals surface area contributed by atoms with E-state index >= 15 is 0 Å². The number of benzene rings is 2. The molecule has 30 heavy (non-hydrogen) atoms. The maximum atomic E-state index is 13.0. The van der Waals surface area contributed by atoms with Crippen LogP contribution in [0.15, 0.2) is 42.5 Å². The van der Waals surface area contributed by atoms with Crippen molar-refractivity contribution in [1.29, 1.82) is 0 Å². The second-order valence-electron chi connectivity index (χ2n) is 7.27. The van der Waals surface area contributed by atoms with Crippen LogP contribution in [0.5, 0.6) is 17.2 Å². The van der Waals surface area contributed by atoms with Gasteiger partial charge < -0.3 is 29.2 Å². The van der Waals surface area contributed by atoms with E-state index < -0.39 is 0 Å². The smallest absolute Gasteiger partial charge is 0.225 e. The van der Waals surface area contributed by atoms with Gasteiger partial charge >= 0.3 is 0 Å². The van der Waals surface area contributed by atoms with Gasteiger partial charge in [-0.1, -0.05) is 36.4 Å². The number of hydrogen-bond donors (Lipinski definition) is 2. The van der Waals surface area contributed by atoms with Crippen LogP contribution < -0.4 is 24.4 Å². The highest BCUT2D eigenvalue weighted by atomic mass is 16.5. The molecule has 0 aliphatic carbocycles. The Bertz CT molecular complexity index is 822. The number of methoxy groups -OCH3 is 3. The van der Waals surface area contributed by atoms with Gasteiger partial charge in [-0.15, -0.1) is 0 Å². The van der Waals surface area contributed by atoms with E-state index in [1.54, 1.807) is 27.4 Å². The number of ether oxygens (including phenoxy) is 4. The molecule has 3 rings (SSSR count). The zero-order valence-electron chi connectivity index (χ0n) is 17.9. The maximum Gasteiger partial charge on any atom is 0.225 e. The number of nitrogens with one attached hydrogen (secondary N) is 2. The SMILES string of the molecule is COc1ccc(CC(=O)N[C@@H](C[NH+]2CCOCC2)c2ccccc2)c(OC)c1OC. The number of amides is 1. The van der Waals surface area contributed by atoms with Gasteiger partial charge in [0.05, 0.1) is 41.0 Å². The molecule has 2 aromatic rings. The third kappa shape index (κ3) is 5.43. The Hall–Kier alpha value is -2.77. The number of morpholine rings is 1. The summed E-state index contributed by atoms with van der Waals surface area (Å²) in [4.78, 5) is 14.4. The van der Waals surface area contributed by atoms with Gasteiger partial charge in [-0.3, -0.25) is 4.79 Å². The molecule has 0 saturated carbocycles. The van der Waals surface area contributed by atoms with Gasteiger partial charge in [0.2, 0.25) is 11.7 Å². The monoisotopic (exact) mass is 415 g/mol. The highest BCUT2D eigenvalue weighted by molar-refractivity contribution is 5.80. The molecule has 0 unspecified atom stereocenters. The average molecular weight is 416 g/mol. The lowest BCUT2D eigenvalue weighted by Gasteiger charge is -2.28. The summed E-state index contributed by atoms with van der Waals surface area (Å²) in [5, 5.41) is 3.22. The molecule has 1 aliphatic heterocycles. The van der Waals surface area contributed by atoms with Gasteiger partial charge in [-0.25, -0.2) is 0 Å². The van der Waals surface area contributed by atoms with Gasteiger partial charge in [0.15, 0.2) is 11.5 Å². The summed E-state index contributed by atoms with van der Waals surface area (Å²) in [6, 6.07) is 13.7. The van der Waals surface area contributed by atoms with Crippen LogP contribution in [0.3, 0.4) is 0 Å². The van der Waals surface area contributed by atoms with Gasteiger partial charge in [0.25, 0.3) is 0 Å². The lowest BCUT2D eigenvalue weighted by atomic mass is 10.0. The number of hydrogen-bond acceptors (Lipinski definition) is 5. The molecule has 1 aliphatic rings. The van der Waals surface area contributed by atoms with E-state index in [-0.39, 0.29) is 18.4 Å². The van der Waals surface area contributed by atoms with Crippen molar-refractivity contribution in [3.63, 3.8) is 0 Å². The van der Waals surface area contributed by atoms with E-state index in [0.29, 0.717) is 17.2 Å². The number of quaternary nitrogens is 1. The predicted molar refractivity (Wildman–Crippen MR) is 114 cm³/mol. The summed E-state index contributed by atoms with van der Waals surface area (Å²) in [5.41, 5.74) is 1.85. The largest absolute Gasteiger partial charge is 0.493 e. The van der Waals surface area contributed by atoms with Crippen LogP contribution in [-0.4, -0.2) is 60.1 Å². The van der Waals surface area contributed by atoms with Crippen molar-refractivity contribution in [2.24, 2.45) is 0 Å². The van der Waals surface area contributed by atoms with Crippen LogP contribution in [0.4, 0.5) is 0 Å². The van der Waals surface area contributed by atoms with E-state index in [2.05, 4.69) is 17.4 Å². The molecule has 7 heteroatoms. The molecule has 0 radical (unpaired) electrons. The summed E-state index contributed by atoms with van der Waals surface area (Å²) in [7, 11) is 4.69. The normalized spacial score (nSPS) is 15.3. The Labute approximate surface area is 177 Å². The van der Waals surface area contributed by atoms with Crippen molar-refractivity contribution in [3.8, 4) is 17.2 Å². The van der Waals surface area contributed by atoms with Gasteiger partial charge in [0, 0.05) is 5.56 Å². The first-order chi connectivity index (χ1) is 14.7. The van der Waals surface area contributed by atoms with Crippen molar-refractivity contribution in [2.45, 2.75) is 12.5 Å². The minimum atomic E-state index is -0.0714. The van der Waals surface area contributed by atoms with Crippen molar-refractivity contribution in [1.82, 2.24) is 5.32 Å². The molecule has 0 aromatic heterocycles. The van der Waals surface area contributed by atoms with Crippen molar-refractivity contribution < 1.29 is 28.6 Å². The third-order valence-electron chi connectivity index (χ3n) is 5.37. The van der Waals surface area contributed by atoms with Gasteiger partial charge in [-0.2, -0.15) is 0 Å². The fourth-order valence-corrected chi connectivity index (χ4v) is 3.81. The summed E-state index contributed by atoms with van der Waals surface area (Å²) in [6.07, 6.45) is 0.186. The lowest BCUT2D eigenvalue weighted by molar-refractivity contribution is -0.909. The second-order valence-corrected chi connectivity index (χ2v) is 7.27. The fraction of sp³-hybridized carbons (Fsp3) is 0.435. The molecule has 0 spiro atoms. The Morgan fingerprint density at radius 2 is 1.70 bits per heavy atom. The Morgan fingerprint density at radius 3 is 2.33 bits per heavy atom. The standard InChI is InChI=1S/C23H30N2O5/c1-27-20-10-9-18(22(28-2)23(20)29-3)15-21(26)24-19(17-7-5-4-6-8-17)16-25-11-13-30-14-12-25/h4-10,19H,11-16H2,1-3H3,(H,24,26)/p+1/t19-/m0/s1. The van der Waals surface area contributed by atoms with Crippen LogP contribution in [-0.2, 0) is 16.0 Å². The highest BCUT2D eigenvalue weighted by Gasteiger charge is 2.24. The van der Waals surface area contributed by atoms with E-state index in [4.69, 9.17) is 18.9 Å². The summed E-state index contributed by atoms with van der Waals surface area (Å²) < 4.78 is 21.7. The van der Waals surface area contributed by atoms with Gasteiger partial charge in [-0.05, 0) is 11.6 Å². The van der Waals surface area contributed by atoms with Crippen LogP contribution >= 0.6 is 0 Å². The predicted octanol–water partition coefficient (Wildman–Crippen LogP) is 1.03. The first-order valence-electron chi connectivity index (χ1n) is 10.2. The van der Waals surface area contributed by atoms with Crippen molar-refractivity contribution in [3.05, 3.63) is 53.6 Å². The number of rotatable bonds is 9. The van der Waals surface area contributed by atoms with E-state index in [9.17, 15) is 4.79 Å². The quantitative estimate of drug-likeness (QED) is 0.640. The molecular weight excluding hydrogens is 384 g/mol. The minimum absolute atomic E-state index is 0.0676. The molecule has 1 saturated heterocycles. The summed E-state index contributed by atoms with van der Waals surface area (Å²) >= 11 is 0. The molecule has 1 amide bonds. The summed E-state index contributed by atoms with van der Waals surface area (Å²) in [5.74, 6) is 1.50. The van der Waals surface area contributed by atoms with Crippen LogP contribution in [0, 0.1) is 0 Å². The molecular formula is C23H31N2O5+. The second kappa shape index (κ2) is 10.8. The van der Waals surface area contributed by atoms with Crippen molar-refractivity contribution >= 4 is 5.91 Å². The van der Waals surface area contributed by atoms with Crippen LogP contribution in [0.2, 0.25) is 0 Å². The van der Waals surface area contributed by atoms with Gasteiger partial charge in [0.1, 0.15) is 25.7 Å². The van der Waals surface area contributed by atoms with Crippen molar-refractivity contribution in [2.75, 3.05) is 54.2 Å². The molecule has 7 nitrogen and oxygen atoms in total. The molecule has 0 bridgehead atoms. The Balaban J connectivity index is 1.76. The molecule has 1 atom stereocenters. The van der Waals surface area contributed by atoms with Crippen LogP contribution in [0.1, 0.15) is 17.2 Å². The molecule has 2 aromatic carbocycles. The van der Waals surface area contributed by atoms with E-state index in [0.717, 1.165) is 44.0 Å². The zero-order valence-corrected chi connectivity index (χ0v) is 17.9. The van der Waals surface area contributed by atoms with E-state index in [1.807, 2.05) is 24.3 Å². The maximum absolute atomic E-state index is 13.0. The first kappa shape index (κ1) is 21.9. The zero-order chi connectivity index (χ0) is 21.3. The lowest BCUT2D eigenvalue weighted by Crippen LogP contribution is -3.14. The topological polar surface area (TPSA) is 70.5 Å². The molecule has 162 valence electrons. The first-order valence-corrected chi connectivity index (χ1v) is 10.2. The molecule has 1 fully saturated rings. The molecule has 2 N–H and O–H groups in total. The third-order valence-corrected chi connectivity index (χ3v) is 5.37. The number of carbonyl (C=O) groups excluding carboxylic acids is 1. The molecule has 1 heterocycles. The fourth-order valence-electron chi connectivity index (χ4n) is 3.81. The summed E-state index contributed by atoms with van der Waals surface area (Å²) in [6.45, 7) is 4.23. The van der Waals surface area contributed by atoms with E-state index in [1.165, 1.54) is 4.90 Å². The number of carbonyl (C=O) groups is 1. The Kier molecular flexibility index (Phi) is 7.93. The Morgan fingerprint density at radius 1 is 1.00 bits per heavy atom. The minimum Gasteiger partial charge on any atom is -0.493 e.